The fourth-order valence-corrected chi connectivity index (χ4v) is 8.73. The van der Waals surface area contributed by atoms with E-state index in [9.17, 15) is 0 Å². The number of rotatable bonds is 5. The van der Waals surface area contributed by atoms with Gasteiger partial charge in [0, 0.05) is 69.6 Å². The molecule has 0 aromatic heterocycles. The van der Waals surface area contributed by atoms with Crippen LogP contribution in [0.5, 0.6) is 0 Å². The quantitative estimate of drug-likeness (QED) is 0.215. The highest BCUT2D eigenvalue weighted by Crippen LogP contribution is 2.37. The molecule has 67 heavy (non-hydrogen) atoms. The first-order chi connectivity index (χ1) is 32.6. The molecule has 382 valence electrons. The molecule has 0 aliphatic carbocycles. The average Bonchev–Trinajstić information content (AvgIpc) is 3.41. The topological polar surface area (TPSA) is 21.8 Å². The lowest BCUT2D eigenvalue weighted by atomic mass is 9.90. The molecule has 0 saturated heterocycles. The Kier molecular flexibility index (Phi) is 37.9. The molecule has 3 atom stereocenters. The normalized spacial score (nSPS) is 16.4. The number of hydrogen-bond acceptors (Lipinski definition) is 4. The second-order valence-electron chi connectivity index (χ2n) is 16.6. The van der Waals surface area contributed by atoms with Gasteiger partial charge in [-0.25, -0.2) is 0 Å². The number of fused-ring (bicyclic) bond motifs is 4. The lowest BCUT2D eigenvalue weighted by Crippen LogP contribution is -2.30. The molecule has 0 spiro atoms. The van der Waals surface area contributed by atoms with Gasteiger partial charge in [-0.1, -0.05) is 180 Å². The third-order valence-corrected chi connectivity index (χ3v) is 12.8. The van der Waals surface area contributed by atoms with Crippen LogP contribution >= 0.6 is 0 Å². The Morgan fingerprint density at radius 1 is 0.448 bits per heavy atom. The minimum atomic E-state index is 0.725. The van der Waals surface area contributed by atoms with Crippen LogP contribution in [0.1, 0.15) is 226 Å². The van der Waals surface area contributed by atoms with Crippen LogP contribution in [-0.4, -0.2) is 46.8 Å². The van der Waals surface area contributed by atoms with Crippen LogP contribution < -0.4 is 20.0 Å². The van der Waals surface area contributed by atoms with E-state index in [1.165, 1.54) is 113 Å². The first-order valence-electron chi connectivity index (χ1n) is 28.0. The van der Waals surface area contributed by atoms with E-state index in [0.717, 1.165) is 56.5 Å². The molecule has 4 heterocycles. The first kappa shape index (κ1) is 65.2. The monoisotopic (exact) mass is 923 g/mol. The highest BCUT2D eigenvalue weighted by Gasteiger charge is 2.22. The van der Waals surface area contributed by atoms with Gasteiger partial charge in [-0.15, -0.1) is 0 Å². The van der Waals surface area contributed by atoms with E-state index >= 15 is 0 Å². The smallest absolute Gasteiger partial charge is 0.0401 e. The van der Waals surface area contributed by atoms with Crippen molar-refractivity contribution in [2.45, 2.75) is 214 Å². The summed E-state index contributed by atoms with van der Waals surface area (Å²) in [5, 5.41) is 3.44. The maximum absolute atomic E-state index is 3.44. The average molecular weight is 924 g/mol. The molecule has 4 heteroatoms. The maximum atomic E-state index is 3.44. The molecule has 4 aliphatic rings. The SMILES string of the molecule is CC.CC.CC.CC.CC.CC.CCc1ccc2c(c1)C(C)CCN2.CCc1ccc2c(c1)C(C)CCN2C.CCc1ccc2c(c1)C(C)CCN2CC.CCc1ccc2c(c1)CCCN2C. The minimum absolute atomic E-state index is 0.725. The van der Waals surface area contributed by atoms with Crippen molar-refractivity contribution in [2.24, 2.45) is 0 Å². The molecule has 0 amide bonds. The van der Waals surface area contributed by atoms with Crippen molar-refractivity contribution in [1.82, 2.24) is 0 Å². The number of nitrogens with zero attached hydrogens (tertiary/aromatic N) is 3. The van der Waals surface area contributed by atoms with Crippen molar-refractivity contribution in [3.63, 3.8) is 0 Å². The molecule has 0 fully saturated rings. The lowest BCUT2D eigenvalue weighted by molar-refractivity contribution is 0.618. The van der Waals surface area contributed by atoms with E-state index in [-0.39, 0.29) is 0 Å². The Hall–Kier alpha value is -3.92. The molecule has 0 radical (unpaired) electrons. The highest BCUT2D eigenvalue weighted by atomic mass is 15.1. The fraction of sp³-hybridized carbons (Fsp3) is 0.619. The van der Waals surface area contributed by atoms with Crippen LogP contribution in [0.15, 0.2) is 72.8 Å². The Labute approximate surface area is 419 Å². The second kappa shape index (κ2) is 39.0. The third kappa shape index (κ3) is 20.7. The van der Waals surface area contributed by atoms with Gasteiger partial charge in [0.15, 0.2) is 0 Å². The summed E-state index contributed by atoms with van der Waals surface area (Å²) in [7, 11) is 4.37. The van der Waals surface area contributed by atoms with Gasteiger partial charge in [0.2, 0.25) is 0 Å². The second-order valence-corrected chi connectivity index (χ2v) is 16.6. The third-order valence-electron chi connectivity index (χ3n) is 12.8. The lowest BCUT2D eigenvalue weighted by Gasteiger charge is -2.34. The molecule has 4 aliphatic heterocycles. The molecule has 1 N–H and O–H groups in total. The van der Waals surface area contributed by atoms with Crippen LogP contribution in [0.3, 0.4) is 0 Å². The summed E-state index contributed by atoms with van der Waals surface area (Å²) in [6.45, 7) is 48.0. The van der Waals surface area contributed by atoms with Gasteiger partial charge < -0.3 is 20.0 Å². The highest BCUT2D eigenvalue weighted by molar-refractivity contribution is 5.60. The van der Waals surface area contributed by atoms with Crippen LogP contribution in [0.25, 0.3) is 0 Å². The Morgan fingerprint density at radius 2 is 0.851 bits per heavy atom. The summed E-state index contributed by atoms with van der Waals surface area (Å²) < 4.78 is 0. The van der Waals surface area contributed by atoms with Crippen LogP contribution in [0.4, 0.5) is 22.7 Å². The van der Waals surface area contributed by atoms with Crippen molar-refractivity contribution >= 4 is 22.7 Å². The fourth-order valence-electron chi connectivity index (χ4n) is 8.73. The van der Waals surface area contributed by atoms with Gasteiger partial charge in [-0.05, 0) is 151 Å². The van der Waals surface area contributed by atoms with Crippen molar-refractivity contribution < 1.29 is 0 Å². The Morgan fingerprint density at radius 3 is 1.36 bits per heavy atom. The largest absolute Gasteiger partial charge is 0.385 e. The molecule has 0 saturated carbocycles. The van der Waals surface area contributed by atoms with Crippen molar-refractivity contribution in [3.05, 3.63) is 117 Å². The van der Waals surface area contributed by atoms with Crippen molar-refractivity contribution in [3.8, 4) is 0 Å². The molecular weight excluding hydrogens is 813 g/mol. The number of anilines is 4. The minimum Gasteiger partial charge on any atom is -0.385 e. The van der Waals surface area contributed by atoms with Crippen molar-refractivity contribution in [2.75, 3.05) is 66.8 Å². The summed E-state index contributed by atoms with van der Waals surface area (Å²) in [6.07, 6.45) is 11.0. The van der Waals surface area contributed by atoms with Gasteiger partial charge in [0.25, 0.3) is 0 Å². The molecule has 4 aromatic rings. The number of benzene rings is 4. The van der Waals surface area contributed by atoms with Crippen molar-refractivity contribution in [1.29, 1.82) is 0 Å². The molecule has 4 aromatic carbocycles. The van der Waals surface area contributed by atoms with E-state index < -0.39 is 0 Å². The zero-order chi connectivity index (χ0) is 51.5. The maximum Gasteiger partial charge on any atom is 0.0401 e. The van der Waals surface area contributed by atoms with Gasteiger partial charge in [0.05, 0.1) is 0 Å². The zero-order valence-corrected chi connectivity index (χ0v) is 48.4. The molecular formula is C63H110N4. The van der Waals surface area contributed by atoms with E-state index in [4.69, 9.17) is 0 Å². The van der Waals surface area contributed by atoms with Gasteiger partial charge in [-0.3, -0.25) is 0 Å². The summed E-state index contributed by atoms with van der Waals surface area (Å²) in [6, 6.07) is 27.6. The number of hydrogen-bond donors (Lipinski definition) is 1. The standard InChI is InChI=1S/C14H21N.C13H19N.2C12H17N.6C2H6/c1-4-12-6-7-14-13(10-12)11(3)8-9-15(14)5-2;1-4-11-5-6-13-12(9-11)10(2)7-8-14(13)3;1-3-10-4-5-12-11(8-10)9(2)6-7-13-12;1-3-10-6-7-12-11(9-10)5-4-8-13(12)2;6*1-2/h6-7,10-11H,4-5,8-9H2,1-3H3;5-6,9-10H,4,7-8H2,1-3H3;4-5,8-9,13H,3,6-7H2,1-2H3;6-7,9H,3-5,8H2,1-2H3;6*1-2H3. The molecule has 0 bridgehead atoms. The first-order valence-corrected chi connectivity index (χ1v) is 28.0. The summed E-state index contributed by atoms with van der Waals surface area (Å²) in [4.78, 5) is 7.22. The summed E-state index contributed by atoms with van der Waals surface area (Å²) in [5.74, 6) is 2.18. The number of nitrogens with one attached hydrogen (secondary N) is 1. The van der Waals surface area contributed by atoms with Crippen LogP contribution in [0.2, 0.25) is 0 Å². The van der Waals surface area contributed by atoms with E-state index in [1.807, 2.05) is 83.1 Å². The van der Waals surface area contributed by atoms with E-state index in [2.05, 4.69) is 162 Å². The summed E-state index contributed by atoms with van der Waals surface area (Å²) in [5.41, 5.74) is 17.7. The van der Waals surface area contributed by atoms with Crippen LogP contribution in [-0.2, 0) is 32.1 Å². The van der Waals surface area contributed by atoms with E-state index in [1.54, 1.807) is 5.56 Å². The molecule has 4 nitrogen and oxygen atoms in total. The Balaban J connectivity index is 0. The molecule has 8 rings (SSSR count). The van der Waals surface area contributed by atoms with Gasteiger partial charge in [-0.2, -0.15) is 0 Å². The van der Waals surface area contributed by atoms with Gasteiger partial charge >= 0.3 is 0 Å². The van der Waals surface area contributed by atoms with E-state index in [0.29, 0.717) is 0 Å². The van der Waals surface area contributed by atoms with Crippen LogP contribution in [0, 0.1) is 0 Å². The predicted molar refractivity (Wildman–Crippen MR) is 312 cm³/mol. The zero-order valence-electron chi connectivity index (χ0n) is 48.4. The predicted octanol–water partition coefficient (Wildman–Crippen LogP) is 18.7. The summed E-state index contributed by atoms with van der Waals surface area (Å²) >= 11 is 0. The molecule has 3 unspecified atom stereocenters. The Bertz CT molecular complexity index is 1810. The number of aryl methyl sites for hydroxylation is 5. The van der Waals surface area contributed by atoms with Gasteiger partial charge in [0.1, 0.15) is 0 Å².